The SMILES string of the molecule is CC(=O)OCC[n+]1ccn([C@H]2CC[C@@H](C(C(N)=O)(c3ccccc3)c3ccccc3)C2)c1C. The van der Waals surface area contributed by atoms with E-state index in [1.165, 1.54) is 6.92 Å². The van der Waals surface area contributed by atoms with E-state index in [1.807, 2.05) is 66.9 Å². The molecule has 2 atom stereocenters. The minimum Gasteiger partial charge on any atom is -0.462 e. The molecule has 0 saturated heterocycles. The highest BCUT2D eigenvalue weighted by molar-refractivity contribution is 5.91. The van der Waals surface area contributed by atoms with Crippen molar-refractivity contribution in [3.63, 3.8) is 0 Å². The summed E-state index contributed by atoms with van der Waals surface area (Å²) in [5.41, 5.74) is 7.26. The molecule has 3 aromatic rings. The highest BCUT2D eigenvalue weighted by atomic mass is 16.5. The number of benzene rings is 2. The van der Waals surface area contributed by atoms with E-state index in [0.29, 0.717) is 13.2 Å². The van der Waals surface area contributed by atoms with E-state index in [4.69, 9.17) is 10.5 Å². The number of rotatable bonds is 8. The van der Waals surface area contributed by atoms with Gasteiger partial charge >= 0.3 is 5.97 Å². The lowest BCUT2D eigenvalue weighted by molar-refractivity contribution is -0.703. The maximum absolute atomic E-state index is 13.3. The van der Waals surface area contributed by atoms with Gasteiger partial charge in [0.1, 0.15) is 37.0 Å². The number of hydrogen-bond donors (Lipinski definition) is 1. The first kappa shape index (κ1) is 22.8. The molecule has 6 heteroatoms. The first-order valence-corrected chi connectivity index (χ1v) is 11.6. The molecule has 2 aromatic carbocycles. The summed E-state index contributed by atoms with van der Waals surface area (Å²) in [7, 11) is 0. The highest BCUT2D eigenvalue weighted by Crippen LogP contribution is 2.49. The summed E-state index contributed by atoms with van der Waals surface area (Å²) in [5, 5.41) is 0. The average Bonchev–Trinajstić information content (AvgIpc) is 3.43. The van der Waals surface area contributed by atoms with Gasteiger partial charge in [-0.3, -0.25) is 9.59 Å². The van der Waals surface area contributed by atoms with Crippen LogP contribution in [0.3, 0.4) is 0 Å². The molecular weight excluding hydrogens is 414 g/mol. The number of esters is 1. The minimum atomic E-state index is -0.871. The van der Waals surface area contributed by atoms with Crippen LogP contribution in [0, 0.1) is 12.8 Å². The number of imidazole rings is 1. The summed E-state index contributed by atoms with van der Waals surface area (Å²) >= 11 is 0. The van der Waals surface area contributed by atoms with Crippen LogP contribution in [0.4, 0.5) is 0 Å². The Morgan fingerprint density at radius 2 is 1.67 bits per heavy atom. The van der Waals surface area contributed by atoms with Crippen molar-refractivity contribution in [3.05, 3.63) is 90.0 Å². The Bertz CT molecular complexity index is 1070. The van der Waals surface area contributed by atoms with Crippen LogP contribution in [0.5, 0.6) is 0 Å². The molecule has 0 unspecified atom stereocenters. The Labute approximate surface area is 195 Å². The second-order valence-corrected chi connectivity index (χ2v) is 8.85. The molecule has 172 valence electrons. The van der Waals surface area contributed by atoms with Crippen LogP contribution in [-0.2, 0) is 26.3 Å². The molecule has 1 aromatic heterocycles. The maximum atomic E-state index is 13.3. The number of hydrogen-bond acceptors (Lipinski definition) is 3. The molecule has 33 heavy (non-hydrogen) atoms. The van der Waals surface area contributed by atoms with Crippen LogP contribution in [0.25, 0.3) is 0 Å². The Balaban J connectivity index is 1.65. The maximum Gasteiger partial charge on any atom is 0.302 e. The van der Waals surface area contributed by atoms with E-state index in [-0.39, 0.29) is 23.8 Å². The molecule has 2 N–H and O–H groups in total. The first-order chi connectivity index (χ1) is 15.9. The molecule has 1 amide bonds. The van der Waals surface area contributed by atoms with Crippen molar-refractivity contribution < 1.29 is 18.9 Å². The highest BCUT2D eigenvalue weighted by Gasteiger charge is 2.51. The van der Waals surface area contributed by atoms with Crippen molar-refractivity contribution in [1.29, 1.82) is 0 Å². The zero-order chi connectivity index (χ0) is 23.4. The van der Waals surface area contributed by atoms with Crippen LogP contribution >= 0.6 is 0 Å². The molecule has 0 spiro atoms. The van der Waals surface area contributed by atoms with Gasteiger partial charge in [-0.2, -0.15) is 0 Å². The van der Waals surface area contributed by atoms with Gasteiger partial charge in [-0.25, -0.2) is 9.13 Å². The average molecular weight is 447 g/mol. The zero-order valence-electron chi connectivity index (χ0n) is 19.3. The molecule has 1 heterocycles. The Morgan fingerprint density at radius 1 is 1.06 bits per heavy atom. The van der Waals surface area contributed by atoms with Gasteiger partial charge in [0.15, 0.2) is 0 Å². The van der Waals surface area contributed by atoms with Gasteiger partial charge in [-0.05, 0) is 36.3 Å². The van der Waals surface area contributed by atoms with Crippen LogP contribution in [0.15, 0.2) is 73.1 Å². The van der Waals surface area contributed by atoms with Crippen LogP contribution < -0.4 is 10.3 Å². The molecule has 1 fully saturated rings. The number of carbonyl (C=O) groups excluding carboxylic acids is 2. The van der Waals surface area contributed by atoms with Crippen molar-refractivity contribution in [3.8, 4) is 0 Å². The lowest BCUT2D eigenvalue weighted by atomic mass is 9.64. The molecular formula is C27H32N3O3+. The lowest BCUT2D eigenvalue weighted by Gasteiger charge is -2.37. The quantitative estimate of drug-likeness (QED) is 0.425. The second kappa shape index (κ2) is 9.61. The van der Waals surface area contributed by atoms with Gasteiger partial charge in [0.25, 0.3) is 5.82 Å². The number of aromatic nitrogens is 2. The van der Waals surface area contributed by atoms with E-state index in [1.54, 1.807) is 0 Å². The standard InChI is InChI=1S/C27H31N3O3/c1-20-29(17-18-33-21(2)31)15-16-30(20)25-14-13-24(19-25)27(26(28)32,22-9-5-3-6-10-22)23-11-7-4-8-12-23/h3-12,15-16,24-25H,13-14,17-19H2,1-2H3,(H-,28,32)/p+1/t24-,25+/m1/s1. The van der Waals surface area contributed by atoms with E-state index >= 15 is 0 Å². The Morgan fingerprint density at radius 3 is 2.21 bits per heavy atom. The van der Waals surface area contributed by atoms with E-state index < -0.39 is 5.41 Å². The van der Waals surface area contributed by atoms with Crippen molar-refractivity contribution in [2.75, 3.05) is 6.61 Å². The molecule has 0 aliphatic heterocycles. The fourth-order valence-corrected chi connectivity index (χ4v) is 5.56. The fourth-order valence-electron chi connectivity index (χ4n) is 5.56. The summed E-state index contributed by atoms with van der Waals surface area (Å²) in [4.78, 5) is 24.3. The summed E-state index contributed by atoms with van der Waals surface area (Å²) in [5.74, 6) is 0.625. The van der Waals surface area contributed by atoms with Crippen LogP contribution in [-0.4, -0.2) is 23.1 Å². The summed E-state index contributed by atoms with van der Waals surface area (Å²) < 4.78 is 9.49. The van der Waals surface area contributed by atoms with Gasteiger partial charge in [-0.15, -0.1) is 0 Å². The number of amides is 1. The molecule has 1 aliphatic carbocycles. The topological polar surface area (TPSA) is 78.2 Å². The fraction of sp³-hybridized carbons (Fsp3) is 0.370. The number of primary amides is 1. The molecule has 4 rings (SSSR count). The predicted octanol–water partition coefficient (Wildman–Crippen LogP) is 3.46. The Hall–Kier alpha value is -3.41. The molecule has 1 saturated carbocycles. The van der Waals surface area contributed by atoms with Gasteiger partial charge in [0.05, 0.1) is 0 Å². The summed E-state index contributed by atoms with van der Waals surface area (Å²) in [6.45, 7) is 4.47. The predicted molar refractivity (Wildman–Crippen MR) is 125 cm³/mol. The van der Waals surface area contributed by atoms with Gasteiger partial charge in [0, 0.05) is 13.8 Å². The van der Waals surface area contributed by atoms with Gasteiger partial charge < -0.3 is 10.5 Å². The Kier molecular flexibility index (Phi) is 6.63. The zero-order valence-corrected chi connectivity index (χ0v) is 19.3. The molecule has 0 radical (unpaired) electrons. The normalized spacial score (nSPS) is 18.2. The minimum absolute atomic E-state index is 0.0843. The molecule has 1 aliphatic rings. The number of nitrogens with two attached hydrogens (primary N) is 1. The van der Waals surface area contributed by atoms with Crippen molar-refractivity contribution in [2.45, 2.75) is 51.1 Å². The largest absolute Gasteiger partial charge is 0.462 e. The van der Waals surface area contributed by atoms with Gasteiger partial charge in [-0.1, -0.05) is 60.7 Å². The molecule has 6 nitrogen and oxygen atoms in total. The summed E-state index contributed by atoms with van der Waals surface area (Å²) in [6.07, 6.45) is 6.85. The van der Waals surface area contributed by atoms with E-state index in [2.05, 4.69) is 22.3 Å². The summed E-state index contributed by atoms with van der Waals surface area (Å²) in [6, 6.07) is 20.2. The first-order valence-electron chi connectivity index (χ1n) is 11.6. The third-order valence-corrected chi connectivity index (χ3v) is 7.09. The van der Waals surface area contributed by atoms with Crippen LogP contribution in [0.2, 0.25) is 0 Å². The smallest absolute Gasteiger partial charge is 0.302 e. The monoisotopic (exact) mass is 446 g/mol. The van der Waals surface area contributed by atoms with Crippen LogP contribution in [0.1, 0.15) is 49.2 Å². The molecule has 0 bridgehead atoms. The van der Waals surface area contributed by atoms with E-state index in [9.17, 15) is 9.59 Å². The van der Waals surface area contributed by atoms with Crippen molar-refractivity contribution in [1.82, 2.24) is 4.57 Å². The number of nitrogens with zero attached hydrogens (tertiary/aromatic N) is 2. The van der Waals surface area contributed by atoms with E-state index in [0.717, 1.165) is 36.2 Å². The number of carbonyl (C=O) groups is 2. The number of ether oxygens (including phenoxy) is 1. The van der Waals surface area contributed by atoms with Crippen molar-refractivity contribution in [2.24, 2.45) is 11.7 Å². The lowest BCUT2D eigenvalue weighted by Crippen LogP contribution is -2.47. The van der Waals surface area contributed by atoms with Gasteiger partial charge in [0.2, 0.25) is 5.91 Å². The third kappa shape index (κ3) is 4.30. The third-order valence-electron chi connectivity index (χ3n) is 7.09. The second-order valence-electron chi connectivity index (χ2n) is 8.85. The van der Waals surface area contributed by atoms with Crippen molar-refractivity contribution >= 4 is 11.9 Å².